The second-order valence-electron chi connectivity index (χ2n) is 4.72. The zero-order chi connectivity index (χ0) is 11.4. The van der Waals surface area contributed by atoms with Crippen molar-refractivity contribution in [3.8, 4) is 0 Å². The molecule has 2 atom stereocenters. The van der Waals surface area contributed by atoms with Crippen LogP contribution < -0.4 is 0 Å². The van der Waals surface area contributed by atoms with Crippen LogP contribution in [0.1, 0.15) is 30.7 Å². The Morgan fingerprint density at radius 2 is 2.06 bits per heavy atom. The van der Waals surface area contributed by atoms with Crippen LogP contribution in [0.2, 0.25) is 0 Å². The molecule has 0 spiro atoms. The monoisotopic (exact) mass is 215 g/mol. The van der Waals surface area contributed by atoms with Crippen LogP contribution in [-0.2, 0) is 0 Å². The standard InChI is InChI=1S/C15H21N/c1-3-14(13-9-5-4-6-10-13)15-11-7-8-12-16(15)2/h3-6,9-10,14-15H,1,7-8,11-12H2,2H3/t14-,15-/m0/s1. The van der Waals surface area contributed by atoms with E-state index >= 15 is 0 Å². The maximum absolute atomic E-state index is 4.02. The summed E-state index contributed by atoms with van der Waals surface area (Å²) < 4.78 is 0. The second-order valence-corrected chi connectivity index (χ2v) is 4.72. The molecule has 0 radical (unpaired) electrons. The molecule has 1 saturated heterocycles. The molecule has 0 saturated carbocycles. The molecule has 1 heteroatoms. The summed E-state index contributed by atoms with van der Waals surface area (Å²) in [4.78, 5) is 2.49. The van der Waals surface area contributed by atoms with E-state index in [1.54, 1.807) is 0 Å². The Bertz CT molecular complexity index is 331. The molecule has 0 N–H and O–H groups in total. The molecule has 0 aliphatic carbocycles. The summed E-state index contributed by atoms with van der Waals surface area (Å²) in [6.45, 7) is 5.24. The fourth-order valence-corrected chi connectivity index (χ4v) is 2.75. The van der Waals surface area contributed by atoms with Gasteiger partial charge in [-0.15, -0.1) is 6.58 Å². The van der Waals surface area contributed by atoms with Crippen molar-refractivity contribution in [2.75, 3.05) is 13.6 Å². The van der Waals surface area contributed by atoms with Crippen molar-refractivity contribution in [1.82, 2.24) is 4.90 Å². The first-order valence-electron chi connectivity index (χ1n) is 6.20. The minimum absolute atomic E-state index is 0.478. The molecular weight excluding hydrogens is 194 g/mol. The van der Waals surface area contributed by atoms with Crippen molar-refractivity contribution in [3.05, 3.63) is 48.6 Å². The Kier molecular flexibility index (Phi) is 3.79. The zero-order valence-corrected chi connectivity index (χ0v) is 10.1. The molecule has 1 nitrogen and oxygen atoms in total. The maximum atomic E-state index is 4.02. The van der Waals surface area contributed by atoms with Gasteiger partial charge in [0.15, 0.2) is 0 Å². The molecule has 0 amide bonds. The van der Waals surface area contributed by atoms with Crippen LogP contribution in [0.3, 0.4) is 0 Å². The van der Waals surface area contributed by atoms with Crippen molar-refractivity contribution >= 4 is 0 Å². The van der Waals surface area contributed by atoms with Crippen LogP contribution >= 0.6 is 0 Å². The van der Waals surface area contributed by atoms with Crippen molar-refractivity contribution in [2.45, 2.75) is 31.2 Å². The van der Waals surface area contributed by atoms with Crippen LogP contribution in [0.15, 0.2) is 43.0 Å². The summed E-state index contributed by atoms with van der Waals surface area (Å²) in [7, 11) is 2.24. The summed E-state index contributed by atoms with van der Waals surface area (Å²) >= 11 is 0. The van der Waals surface area contributed by atoms with E-state index in [2.05, 4.69) is 54.9 Å². The Hall–Kier alpha value is -1.08. The summed E-state index contributed by atoms with van der Waals surface area (Å²) in [6.07, 6.45) is 6.10. The summed E-state index contributed by atoms with van der Waals surface area (Å²) in [5.74, 6) is 0.478. The van der Waals surface area contributed by atoms with E-state index in [9.17, 15) is 0 Å². The molecule has 1 fully saturated rings. The van der Waals surface area contributed by atoms with E-state index in [4.69, 9.17) is 0 Å². The highest BCUT2D eigenvalue weighted by Crippen LogP contribution is 2.30. The molecule has 0 unspecified atom stereocenters. The van der Waals surface area contributed by atoms with E-state index in [0.29, 0.717) is 12.0 Å². The number of rotatable bonds is 3. The molecule has 86 valence electrons. The minimum Gasteiger partial charge on any atom is -0.302 e. The van der Waals surface area contributed by atoms with Gasteiger partial charge < -0.3 is 4.90 Å². The topological polar surface area (TPSA) is 3.24 Å². The smallest absolute Gasteiger partial charge is 0.0196 e. The molecule has 16 heavy (non-hydrogen) atoms. The van der Waals surface area contributed by atoms with Crippen molar-refractivity contribution in [2.24, 2.45) is 0 Å². The van der Waals surface area contributed by atoms with Gasteiger partial charge in [-0.3, -0.25) is 0 Å². The van der Waals surface area contributed by atoms with Crippen LogP contribution in [0, 0.1) is 0 Å². The van der Waals surface area contributed by atoms with E-state index in [0.717, 1.165) is 0 Å². The highest BCUT2D eigenvalue weighted by molar-refractivity contribution is 5.25. The fraction of sp³-hybridized carbons (Fsp3) is 0.467. The number of benzene rings is 1. The number of likely N-dealkylation sites (tertiary alicyclic amines) is 1. The van der Waals surface area contributed by atoms with Gasteiger partial charge in [-0.2, -0.15) is 0 Å². The van der Waals surface area contributed by atoms with E-state index < -0.39 is 0 Å². The number of piperidine rings is 1. The van der Waals surface area contributed by atoms with Gasteiger partial charge >= 0.3 is 0 Å². The first kappa shape index (κ1) is 11.4. The first-order valence-corrected chi connectivity index (χ1v) is 6.20. The molecule has 0 bridgehead atoms. The third-order valence-electron chi connectivity index (χ3n) is 3.68. The average Bonchev–Trinajstić information content (AvgIpc) is 2.34. The Morgan fingerprint density at radius 3 is 2.69 bits per heavy atom. The average molecular weight is 215 g/mol. The number of likely N-dealkylation sites (N-methyl/N-ethyl adjacent to an activating group) is 1. The van der Waals surface area contributed by atoms with Gasteiger partial charge in [-0.25, -0.2) is 0 Å². The van der Waals surface area contributed by atoms with Crippen LogP contribution in [0.5, 0.6) is 0 Å². The van der Waals surface area contributed by atoms with Gasteiger partial charge in [0.2, 0.25) is 0 Å². The molecule has 1 aliphatic rings. The third kappa shape index (κ3) is 2.35. The van der Waals surface area contributed by atoms with Gasteiger partial charge in [-0.05, 0) is 32.0 Å². The molecule has 1 aromatic carbocycles. The number of hydrogen-bond donors (Lipinski definition) is 0. The Morgan fingerprint density at radius 1 is 1.31 bits per heavy atom. The Balaban J connectivity index is 2.18. The minimum atomic E-state index is 0.478. The zero-order valence-electron chi connectivity index (χ0n) is 10.1. The maximum Gasteiger partial charge on any atom is 0.0196 e. The lowest BCUT2D eigenvalue weighted by Gasteiger charge is -2.37. The van der Waals surface area contributed by atoms with Crippen LogP contribution in [0.4, 0.5) is 0 Å². The second kappa shape index (κ2) is 5.31. The van der Waals surface area contributed by atoms with Gasteiger partial charge in [0.1, 0.15) is 0 Å². The molecule has 2 rings (SSSR count). The molecular formula is C15H21N. The molecule has 0 aromatic heterocycles. The first-order chi connectivity index (χ1) is 7.83. The van der Waals surface area contributed by atoms with E-state index in [1.165, 1.54) is 31.4 Å². The summed E-state index contributed by atoms with van der Waals surface area (Å²) in [5.41, 5.74) is 1.40. The quantitative estimate of drug-likeness (QED) is 0.698. The predicted molar refractivity (Wildman–Crippen MR) is 69.6 cm³/mol. The lowest BCUT2D eigenvalue weighted by atomic mass is 9.85. The van der Waals surface area contributed by atoms with Gasteiger partial charge in [-0.1, -0.05) is 42.8 Å². The summed E-state index contributed by atoms with van der Waals surface area (Å²) in [6, 6.07) is 11.4. The van der Waals surface area contributed by atoms with Gasteiger partial charge in [0.25, 0.3) is 0 Å². The highest BCUT2D eigenvalue weighted by Gasteiger charge is 2.26. The number of hydrogen-bond acceptors (Lipinski definition) is 1. The largest absolute Gasteiger partial charge is 0.302 e. The van der Waals surface area contributed by atoms with E-state index in [-0.39, 0.29) is 0 Å². The highest BCUT2D eigenvalue weighted by atomic mass is 15.1. The fourth-order valence-electron chi connectivity index (χ4n) is 2.75. The SMILES string of the molecule is C=C[C@@H](c1ccccc1)[C@@H]1CCCCN1C. The van der Waals surface area contributed by atoms with E-state index in [1.807, 2.05) is 0 Å². The molecule has 1 heterocycles. The van der Waals surface area contributed by atoms with Crippen molar-refractivity contribution < 1.29 is 0 Å². The third-order valence-corrected chi connectivity index (χ3v) is 3.68. The Labute approximate surface area is 98.8 Å². The lowest BCUT2D eigenvalue weighted by molar-refractivity contribution is 0.172. The normalized spacial score (nSPS) is 23.9. The number of nitrogens with zero attached hydrogens (tertiary/aromatic N) is 1. The van der Waals surface area contributed by atoms with Crippen molar-refractivity contribution in [3.63, 3.8) is 0 Å². The summed E-state index contributed by atoms with van der Waals surface area (Å²) in [5, 5.41) is 0. The predicted octanol–water partition coefficient (Wildman–Crippen LogP) is 3.44. The van der Waals surface area contributed by atoms with Gasteiger partial charge in [0, 0.05) is 12.0 Å². The van der Waals surface area contributed by atoms with Crippen LogP contribution in [-0.4, -0.2) is 24.5 Å². The molecule has 1 aliphatic heterocycles. The van der Waals surface area contributed by atoms with Gasteiger partial charge in [0.05, 0.1) is 0 Å². The molecule has 1 aromatic rings. The lowest BCUT2D eigenvalue weighted by Crippen LogP contribution is -2.39. The van der Waals surface area contributed by atoms with Crippen molar-refractivity contribution in [1.29, 1.82) is 0 Å². The van der Waals surface area contributed by atoms with Crippen LogP contribution in [0.25, 0.3) is 0 Å².